The predicted molar refractivity (Wildman–Crippen MR) is 274 cm³/mol. The van der Waals surface area contributed by atoms with Crippen molar-refractivity contribution in [3.63, 3.8) is 0 Å². The summed E-state index contributed by atoms with van der Waals surface area (Å²) in [6, 6.07) is 76.2. The molecule has 12 aromatic rings. The third-order valence-electron chi connectivity index (χ3n) is 12.9. The Hall–Kier alpha value is -9.87. The second kappa shape index (κ2) is 16.3. The van der Waals surface area contributed by atoms with Gasteiger partial charge < -0.3 is 9.13 Å². The summed E-state index contributed by atoms with van der Waals surface area (Å²) in [5, 5.41) is 23.6. The Labute approximate surface area is 391 Å². The second-order valence-corrected chi connectivity index (χ2v) is 16.7. The standard InChI is InChI=1S/C61H35N7/c1-64-56-34-46(41-22-24-44(25-23-41)55-36-54(43-18-14-39(37-62)15-19-43)65-61(66-55)45-20-16-40(38-63)17-21-45)28-32-49(56)42-26-29-47(30-27-42)67-59-13-7-4-10-52(59)53-35-48(31-33-60(53)67)68-57-11-5-2-8-50(57)51-9-3-6-12-58(51)68/h2-36H. The fourth-order valence-corrected chi connectivity index (χ4v) is 9.53. The molecule has 0 unspecified atom stereocenters. The highest BCUT2D eigenvalue weighted by Gasteiger charge is 2.18. The lowest BCUT2D eigenvalue weighted by Gasteiger charge is -2.12. The Morgan fingerprint density at radius 2 is 0.824 bits per heavy atom. The molecule has 0 fully saturated rings. The zero-order valence-corrected chi connectivity index (χ0v) is 36.3. The van der Waals surface area contributed by atoms with Gasteiger partial charge in [-0.1, -0.05) is 115 Å². The predicted octanol–water partition coefficient (Wildman–Crippen LogP) is 15.3. The summed E-state index contributed by atoms with van der Waals surface area (Å²) in [6.45, 7) is 8.23. The van der Waals surface area contributed by atoms with Crippen LogP contribution in [0, 0.1) is 29.2 Å². The fourth-order valence-electron chi connectivity index (χ4n) is 9.53. The molecule has 3 heterocycles. The third kappa shape index (κ3) is 6.74. The Morgan fingerprint density at radius 1 is 0.382 bits per heavy atom. The molecule has 0 spiro atoms. The van der Waals surface area contributed by atoms with Gasteiger partial charge in [0.25, 0.3) is 0 Å². The molecule has 9 aromatic carbocycles. The monoisotopic (exact) mass is 865 g/mol. The largest absolute Gasteiger partial charge is 0.309 e. The van der Waals surface area contributed by atoms with Gasteiger partial charge in [-0.15, -0.1) is 0 Å². The van der Waals surface area contributed by atoms with Crippen molar-refractivity contribution >= 4 is 49.3 Å². The SMILES string of the molecule is [C-]#[N+]c1cc(-c2ccc(-c3cc(-c4ccc(C#N)cc4)nc(-c4ccc(C#N)cc4)n3)cc2)ccc1-c1ccc(-n2c3ccccc3c3cc(-n4c5ccccc5c5ccccc54)ccc32)cc1. The molecular weight excluding hydrogens is 831 g/mol. The third-order valence-corrected chi connectivity index (χ3v) is 12.9. The highest BCUT2D eigenvalue weighted by molar-refractivity contribution is 6.12. The van der Waals surface area contributed by atoms with Crippen molar-refractivity contribution in [2.45, 2.75) is 0 Å². The molecular formula is C61H35N7. The number of para-hydroxylation sites is 3. The molecule has 12 rings (SSSR count). The molecule has 0 radical (unpaired) electrons. The summed E-state index contributed by atoms with van der Waals surface area (Å²) in [5.41, 5.74) is 16.2. The number of hydrogen-bond acceptors (Lipinski definition) is 4. The van der Waals surface area contributed by atoms with Crippen LogP contribution in [0.15, 0.2) is 212 Å². The highest BCUT2D eigenvalue weighted by atomic mass is 15.0. The lowest BCUT2D eigenvalue weighted by molar-refractivity contribution is 1.17. The van der Waals surface area contributed by atoms with Gasteiger partial charge in [0.1, 0.15) is 0 Å². The number of benzene rings is 9. The van der Waals surface area contributed by atoms with Gasteiger partial charge in [0.05, 0.1) is 63.3 Å². The van der Waals surface area contributed by atoms with E-state index in [1.165, 1.54) is 32.6 Å². The minimum absolute atomic E-state index is 0.529. The summed E-state index contributed by atoms with van der Waals surface area (Å²) < 4.78 is 4.70. The zero-order chi connectivity index (χ0) is 45.7. The first kappa shape index (κ1) is 39.7. The van der Waals surface area contributed by atoms with E-state index >= 15 is 0 Å². The Balaban J connectivity index is 0.857. The minimum Gasteiger partial charge on any atom is -0.309 e. The van der Waals surface area contributed by atoms with Crippen LogP contribution in [0.1, 0.15) is 11.1 Å². The topological polar surface area (TPSA) is 87.6 Å². The molecule has 0 atom stereocenters. The first-order valence-corrected chi connectivity index (χ1v) is 22.2. The van der Waals surface area contributed by atoms with Crippen LogP contribution in [-0.2, 0) is 0 Å². The van der Waals surface area contributed by atoms with E-state index < -0.39 is 0 Å². The van der Waals surface area contributed by atoms with Crippen molar-refractivity contribution in [1.82, 2.24) is 19.1 Å². The molecule has 0 saturated heterocycles. The van der Waals surface area contributed by atoms with Crippen LogP contribution in [0.5, 0.6) is 0 Å². The molecule has 0 saturated carbocycles. The van der Waals surface area contributed by atoms with Crippen LogP contribution in [0.3, 0.4) is 0 Å². The van der Waals surface area contributed by atoms with Crippen molar-refractivity contribution < 1.29 is 0 Å². The molecule has 0 aliphatic carbocycles. The zero-order valence-electron chi connectivity index (χ0n) is 36.3. The second-order valence-electron chi connectivity index (χ2n) is 16.7. The summed E-state index contributed by atoms with van der Waals surface area (Å²) in [5.74, 6) is 0.529. The van der Waals surface area contributed by atoms with Crippen LogP contribution in [0.2, 0.25) is 0 Å². The smallest absolute Gasteiger partial charge is 0.195 e. The molecule has 314 valence electrons. The maximum absolute atomic E-state index is 9.37. The summed E-state index contributed by atoms with van der Waals surface area (Å²) in [6.07, 6.45) is 0. The maximum Gasteiger partial charge on any atom is 0.195 e. The van der Waals surface area contributed by atoms with Gasteiger partial charge in [0.2, 0.25) is 0 Å². The van der Waals surface area contributed by atoms with E-state index in [9.17, 15) is 10.5 Å². The number of hydrogen-bond donors (Lipinski definition) is 0. The number of fused-ring (bicyclic) bond motifs is 6. The van der Waals surface area contributed by atoms with E-state index in [1.807, 2.05) is 54.6 Å². The Bertz CT molecular complexity index is 3950. The molecule has 0 N–H and O–H groups in total. The van der Waals surface area contributed by atoms with Crippen molar-refractivity contribution in [2.24, 2.45) is 0 Å². The van der Waals surface area contributed by atoms with Gasteiger partial charge in [0.15, 0.2) is 11.5 Å². The van der Waals surface area contributed by atoms with Gasteiger partial charge >= 0.3 is 0 Å². The van der Waals surface area contributed by atoms with Crippen molar-refractivity contribution in [1.29, 1.82) is 10.5 Å². The molecule has 0 aliphatic rings. The minimum atomic E-state index is 0.529. The van der Waals surface area contributed by atoms with E-state index in [2.05, 4.69) is 160 Å². The number of rotatable bonds is 7. The maximum atomic E-state index is 9.37. The van der Waals surface area contributed by atoms with Crippen LogP contribution < -0.4 is 0 Å². The number of aromatic nitrogens is 4. The van der Waals surface area contributed by atoms with Gasteiger partial charge in [-0.05, 0) is 119 Å². The molecule has 7 nitrogen and oxygen atoms in total. The van der Waals surface area contributed by atoms with Gasteiger partial charge in [-0.25, -0.2) is 14.8 Å². The van der Waals surface area contributed by atoms with E-state index in [0.717, 1.165) is 67.0 Å². The molecule has 0 amide bonds. The van der Waals surface area contributed by atoms with Crippen molar-refractivity contribution in [3.05, 3.63) is 235 Å². The first-order valence-electron chi connectivity index (χ1n) is 22.2. The number of nitriles is 2. The van der Waals surface area contributed by atoms with Crippen LogP contribution in [0.25, 0.3) is 116 Å². The molecule has 7 heteroatoms. The molecule has 0 bridgehead atoms. The normalized spacial score (nSPS) is 11.2. The highest BCUT2D eigenvalue weighted by Crippen LogP contribution is 2.39. The van der Waals surface area contributed by atoms with E-state index in [4.69, 9.17) is 16.5 Å². The lowest BCUT2D eigenvalue weighted by atomic mass is 9.97. The van der Waals surface area contributed by atoms with E-state index in [-0.39, 0.29) is 0 Å². The number of nitrogens with zero attached hydrogens (tertiary/aromatic N) is 7. The fraction of sp³-hybridized carbons (Fsp3) is 0. The average molecular weight is 866 g/mol. The Kier molecular flexibility index (Phi) is 9.51. The van der Waals surface area contributed by atoms with Gasteiger partial charge in [-0.3, -0.25) is 0 Å². The summed E-state index contributed by atoms with van der Waals surface area (Å²) >= 11 is 0. The van der Waals surface area contributed by atoms with Crippen LogP contribution >= 0.6 is 0 Å². The molecule has 68 heavy (non-hydrogen) atoms. The Morgan fingerprint density at radius 3 is 1.38 bits per heavy atom. The summed E-state index contributed by atoms with van der Waals surface area (Å²) in [4.78, 5) is 13.9. The molecule has 3 aromatic heterocycles. The van der Waals surface area contributed by atoms with E-state index in [1.54, 1.807) is 24.3 Å². The van der Waals surface area contributed by atoms with Crippen molar-refractivity contribution in [2.75, 3.05) is 0 Å². The van der Waals surface area contributed by atoms with E-state index in [0.29, 0.717) is 28.3 Å². The average Bonchev–Trinajstić information content (AvgIpc) is 3.93. The summed E-state index contributed by atoms with van der Waals surface area (Å²) in [7, 11) is 0. The van der Waals surface area contributed by atoms with Gasteiger partial charge in [-0.2, -0.15) is 10.5 Å². The first-order chi connectivity index (χ1) is 33.5. The quantitative estimate of drug-likeness (QED) is 0.149. The molecule has 0 aliphatic heterocycles. The van der Waals surface area contributed by atoms with Gasteiger partial charge in [0, 0.05) is 49.6 Å². The van der Waals surface area contributed by atoms with Crippen molar-refractivity contribution in [3.8, 4) is 79.7 Å². The van der Waals surface area contributed by atoms with Crippen LogP contribution in [0.4, 0.5) is 5.69 Å². The van der Waals surface area contributed by atoms with Crippen LogP contribution in [-0.4, -0.2) is 19.1 Å². The lowest BCUT2D eigenvalue weighted by Crippen LogP contribution is -1.96.